The summed E-state index contributed by atoms with van der Waals surface area (Å²) in [5.74, 6) is -1.10. The van der Waals surface area contributed by atoms with Gasteiger partial charge in [-0.05, 0) is 29.5 Å². The normalized spacial score (nSPS) is 14.0. The Bertz CT molecular complexity index is 635. The third-order valence-electron chi connectivity index (χ3n) is 3.53. The third-order valence-corrected chi connectivity index (χ3v) is 5.43. The maximum absolute atomic E-state index is 12.3. The molecule has 0 aliphatic heterocycles. The maximum atomic E-state index is 12.3. The number of halogens is 1. The van der Waals surface area contributed by atoms with Crippen LogP contribution in [-0.2, 0) is 10.0 Å². The molecule has 0 aliphatic carbocycles. The summed E-state index contributed by atoms with van der Waals surface area (Å²) in [7, 11) is -3.85. The topological polar surface area (TPSA) is 83.5 Å². The van der Waals surface area contributed by atoms with E-state index in [-0.39, 0.29) is 33.4 Å². The van der Waals surface area contributed by atoms with Crippen molar-refractivity contribution in [2.24, 2.45) is 11.3 Å². The van der Waals surface area contributed by atoms with Gasteiger partial charge in [0.1, 0.15) is 4.90 Å². The first-order chi connectivity index (χ1) is 9.45. The number of carboxylic acid groups (broad SMARTS) is 1. The summed E-state index contributed by atoms with van der Waals surface area (Å²) in [6.45, 7) is 8.25. The lowest BCUT2D eigenvalue weighted by Crippen LogP contribution is -2.33. The van der Waals surface area contributed by atoms with Crippen LogP contribution in [0.25, 0.3) is 0 Å². The van der Waals surface area contributed by atoms with E-state index in [0.29, 0.717) is 0 Å². The summed E-state index contributed by atoms with van der Waals surface area (Å²) < 4.78 is 27.0. The first-order valence-electron chi connectivity index (χ1n) is 6.47. The van der Waals surface area contributed by atoms with Gasteiger partial charge in [-0.3, -0.25) is 0 Å². The smallest absolute Gasteiger partial charge is 0.335 e. The van der Waals surface area contributed by atoms with Crippen molar-refractivity contribution in [1.82, 2.24) is 4.72 Å². The average Bonchev–Trinajstić information content (AvgIpc) is 2.34. The monoisotopic (exact) mass is 333 g/mol. The van der Waals surface area contributed by atoms with Gasteiger partial charge in [0.05, 0.1) is 10.6 Å². The van der Waals surface area contributed by atoms with Crippen molar-refractivity contribution in [3.8, 4) is 0 Å². The van der Waals surface area contributed by atoms with E-state index < -0.39 is 16.0 Å². The number of hydrogen-bond acceptors (Lipinski definition) is 3. The molecule has 7 heteroatoms. The van der Waals surface area contributed by atoms with Gasteiger partial charge < -0.3 is 5.11 Å². The molecule has 0 aliphatic rings. The van der Waals surface area contributed by atoms with Crippen LogP contribution in [0, 0.1) is 11.3 Å². The van der Waals surface area contributed by atoms with Crippen molar-refractivity contribution >= 4 is 27.6 Å². The quantitative estimate of drug-likeness (QED) is 0.867. The highest BCUT2D eigenvalue weighted by atomic mass is 35.5. The Morgan fingerprint density at radius 3 is 2.43 bits per heavy atom. The lowest BCUT2D eigenvalue weighted by atomic mass is 9.82. The van der Waals surface area contributed by atoms with E-state index in [1.54, 1.807) is 0 Å². The first kappa shape index (κ1) is 17.9. The molecule has 118 valence electrons. The summed E-state index contributed by atoms with van der Waals surface area (Å²) in [6, 6.07) is 3.60. The molecular weight excluding hydrogens is 314 g/mol. The van der Waals surface area contributed by atoms with Gasteiger partial charge in [-0.25, -0.2) is 17.9 Å². The molecule has 0 bridgehead atoms. The van der Waals surface area contributed by atoms with Crippen LogP contribution in [0.3, 0.4) is 0 Å². The molecule has 1 aromatic rings. The van der Waals surface area contributed by atoms with Crippen LogP contribution in [0.5, 0.6) is 0 Å². The fourth-order valence-electron chi connectivity index (χ4n) is 1.46. The van der Waals surface area contributed by atoms with E-state index in [0.717, 1.165) is 6.07 Å². The van der Waals surface area contributed by atoms with Gasteiger partial charge in [-0.1, -0.05) is 39.3 Å². The van der Waals surface area contributed by atoms with Crippen molar-refractivity contribution < 1.29 is 18.3 Å². The van der Waals surface area contributed by atoms with Gasteiger partial charge in [-0.15, -0.1) is 0 Å². The number of rotatable bonds is 5. The number of nitrogens with one attached hydrogen (secondary N) is 1. The summed E-state index contributed by atoms with van der Waals surface area (Å²) in [5.41, 5.74) is -0.168. The average molecular weight is 334 g/mol. The molecule has 1 rings (SSSR count). The second-order valence-electron chi connectivity index (χ2n) is 6.07. The van der Waals surface area contributed by atoms with Crippen LogP contribution >= 0.6 is 11.6 Å². The van der Waals surface area contributed by atoms with Gasteiger partial charge >= 0.3 is 5.97 Å². The maximum Gasteiger partial charge on any atom is 0.335 e. The standard InChI is InChI=1S/C14H20ClNO4S/c1-9(14(2,3)4)8-16-21(19,20)12-7-10(13(17)18)5-6-11(12)15/h5-7,9,16H,8H2,1-4H3,(H,17,18). The minimum absolute atomic E-state index is 0.00379. The Kier molecular flexibility index (Phi) is 5.41. The molecule has 0 spiro atoms. The van der Waals surface area contributed by atoms with Gasteiger partial charge in [0.25, 0.3) is 0 Å². The minimum atomic E-state index is -3.85. The second kappa shape index (κ2) is 6.34. The van der Waals surface area contributed by atoms with Crippen LogP contribution in [0.4, 0.5) is 0 Å². The van der Waals surface area contributed by atoms with Crippen LogP contribution < -0.4 is 4.72 Å². The summed E-state index contributed by atoms with van der Waals surface area (Å²) >= 11 is 5.88. The summed E-state index contributed by atoms with van der Waals surface area (Å²) in [4.78, 5) is 10.7. The summed E-state index contributed by atoms with van der Waals surface area (Å²) in [6.07, 6.45) is 0. The molecular formula is C14H20ClNO4S. The Labute approximate surface area is 130 Å². The van der Waals surface area contributed by atoms with Crippen molar-refractivity contribution in [3.05, 3.63) is 28.8 Å². The molecule has 21 heavy (non-hydrogen) atoms. The predicted molar refractivity (Wildman–Crippen MR) is 82.2 cm³/mol. The highest BCUT2D eigenvalue weighted by molar-refractivity contribution is 7.89. The van der Waals surface area contributed by atoms with Crippen molar-refractivity contribution in [3.63, 3.8) is 0 Å². The molecule has 0 saturated carbocycles. The molecule has 5 nitrogen and oxygen atoms in total. The molecule has 0 amide bonds. The largest absolute Gasteiger partial charge is 0.478 e. The number of hydrogen-bond donors (Lipinski definition) is 2. The lowest BCUT2D eigenvalue weighted by molar-refractivity contribution is 0.0696. The van der Waals surface area contributed by atoms with Crippen molar-refractivity contribution in [1.29, 1.82) is 0 Å². The highest BCUT2D eigenvalue weighted by Crippen LogP contribution is 2.26. The number of carbonyl (C=O) groups is 1. The molecule has 1 unspecified atom stereocenters. The predicted octanol–water partition coefficient (Wildman–Crippen LogP) is 3.00. The molecule has 0 radical (unpaired) electrons. The van der Waals surface area contributed by atoms with Crippen LogP contribution in [-0.4, -0.2) is 26.0 Å². The van der Waals surface area contributed by atoms with E-state index in [1.165, 1.54) is 12.1 Å². The van der Waals surface area contributed by atoms with E-state index in [4.69, 9.17) is 16.7 Å². The van der Waals surface area contributed by atoms with Gasteiger partial charge in [0.15, 0.2) is 0 Å². The van der Waals surface area contributed by atoms with E-state index in [1.807, 2.05) is 27.7 Å². The van der Waals surface area contributed by atoms with E-state index >= 15 is 0 Å². The molecule has 2 N–H and O–H groups in total. The number of carboxylic acids is 1. The minimum Gasteiger partial charge on any atom is -0.478 e. The van der Waals surface area contributed by atoms with Gasteiger partial charge in [0, 0.05) is 6.54 Å². The zero-order valence-electron chi connectivity index (χ0n) is 12.5. The fraction of sp³-hybridized carbons (Fsp3) is 0.500. The molecule has 0 heterocycles. The van der Waals surface area contributed by atoms with Crippen molar-refractivity contribution in [2.45, 2.75) is 32.6 Å². The van der Waals surface area contributed by atoms with Gasteiger partial charge in [-0.2, -0.15) is 0 Å². The Morgan fingerprint density at radius 1 is 1.38 bits per heavy atom. The second-order valence-corrected chi connectivity index (χ2v) is 8.21. The molecule has 0 aromatic heterocycles. The number of aromatic carboxylic acids is 1. The molecule has 0 fully saturated rings. The number of sulfonamides is 1. The van der Waals surface area contributed by atoms with Crippen LogP contribution in [0.1, 0.15) is 38.1 Å². The highest BCUT2D eigenvalue weighted by Gasteiger charge is 2.24. The lowest BCUT2D eigenvalue weighted by Gasteiger charge is -2.27. The zero-order chi connectivity index (χ0) is 16.4. The Hall–Kier alpha value is -1.11. The van der Waals surface area contributed by atoms with Crippen LogP contribution in [0.2, 0.25) is 5.02 Å². The van der Waals surface area contributed by atoms with Crippen molar-refractivity contribution in [2.75, 3.05) is 6.54 Å². The first-order valence-corrected chi connectivity index (χ1v) is 8.34. The Morgan fingerprint density at radius 2 is 1.95 bits per heavy atom. The Balaban J connectivity index is 3.03. The molecule has 1 aromatic carbocycles. The van der Waals surface area contributed by atoms with Gasteiger partial charge in [0.2, 0.25) is 10.0 Å². The summed E-state index contributed by atoms with van der Waals surface area (Å²) in [5, 5.41) is 8.93. The SMILES string of the molecule is CC(CNS(=O)(=O)c1cc(C(=O)O)ccc1Cl)C(C)(C)C. The fourth-order valence-corrected chi connectivity index (χ4v) is 3.12. The number of benzene rings is 1. The van der Waals surface area contributed by atoms with E-state index in [2.05, 4.69) is 4.72 Å². The van der Waals surface area contributed by atoms with Crippen LogP contribution in [0.15, 0.2) is 23.1 Å². The van der Waals surface area contributed by atoms with E-state index in [9.17, 15) is 13.2 Å². The zero-order valence-corrected chi connectivity index (χ0v) is 14.0. The third kappa shape index (κ3) is 4.69. The molecule has 1 atom stereocenters. The molecule has 0 saturated heterocycles.